The van der Waals surface area contributed by atoms with Gasteiger partial charge in [-0.1, -0.05) is 0 Å². The van der Waals surface area contributed by atoms with Crippen LogP contribution in [0.3, 0.4) is 0 Å². The van der Waals surface area contributed by atoms with Gasteiger partial charge in [-0.3, -0.25) is 0 Å². The predicted octanol–water partition coefficient (Wildman–Crippen LogP) is -6.78. The summed E-state index contributed by atoms with van der Waals surface area (Å²) in [5, 5.41) is 0. The molecule has 0 unspecified atom stereocenters. The molecule has 0 atom stereocenters. The van der Waals surface area contributed by atoms with Crippen LogP contribution >= 0.6 is 0 Å². The van der Waals surface area contributed by atoms with Crippen molar-refractivity contribution in [3.05, 3.63) is 0 Å². The fourth-order valence-electron chi connectivity index (χ4n) is 0.0962. The molecule has 0 fully saturated rings. The molecule has 0 aromatic heterocycles. The molecule has 0 bridgehead atoms. The van der Waals surface area contributed by atoms with E-state index in [1.807, 2.05) is 0 Å². The van der Waals surface area contributed by atoms with Gasteiger partial charge in [-0.2, -0.15) is 0 Å². The molecule has 0 saturated heterocycles. The molecule has 0 saturated carbocycles. The monoisotopic (exact) mass is 188 g/mol. The van der Waals surface area contributed by atoms with E-state index < -0.39 is 9.53 Å². The van der Waals surface area contributed by atoms with Crippen LogP contribution in [0.1, 0.15) is 2.85 Å². The molecule has 0 aliphatic carbocycles. The minimum Gasteiger partial charge on any atom is -1.00 e. The van der Waals surface area contributed by atoms with Crippen molar-refractivity contribution >= 4 is 9.53 Å². The zero-order valence-electron chi connectivity index (χ0n) is 7.84. The van der Waals surface area contributed by atoms with Crippen LogP contribution in [0.4, 0.5) is 0 Å². The van der Waals surface area contributed by atoms with E-state index >= 15 is 0 Å². The third-order valence-electron chi connectivity index (χ3n) is 0.403. The molecule has 0 rings (SSSR count). The van der Waals surface area contributed by atoms with Crippen LogP contribution in [-0.4, -0.2) is 28.5 Å². The fraction of sp³-hybridized carbons (Fsp3) is 1.00. The molecule has 3 nitrogen and oxygen atoms in total. The summed E-state index contributed by atoms with van der Waals surface area (Å²) in [6.45, 7) is 0. The maximum Gasteiger partial charge on any atom is 1.00 e. The van der Waals surface area contributed by atoms with Crippen molar-refractivity contribution < 1.29 is 119 Å². The Balaban J connectivity index is -0.0000000208. The van der Waals surface area contributed by atoms with Gasteiger partial charge in [0.2, 0.25) is 0 Å². The van der Waals surface area contributed by atoms with Crippen molar-refractivity contribution in [2.45, 2.75) is 0 Å². The third-order valence-corrected chi connectivity index (χ3v) is 1.21. The minimum atomic E-state index is -2.16. The molecule has 1 N–H and O–H groups in total. The number of rotatable bonds is 2. The van der Waals surface area contributed by atoms with E-state index in [1.165, 1.54) is 14.2 Å². The summed E-state index contributed by atoms with van der Waals surface area (Å²) in [5.74, 6) is 0. The molecule has 0 heterocycles. The van der Waals surface area contributed by atoms with Crippen molar-refractivity contribution in [3.8, 4) is 0 Å². The van der Waals surface area contributed by atoms with Gasteiger partial charge in [0.1, 0.15) is 0 Å². The second-order valence-corrected chi connectivity index (χ2v) is 2.34. The zero-order valence-corrected chi connectivity index (χ0v) is 13.2. The molecule has 0 radical (unpaired) electrons. The summed E-state index contributed by atoms with van der Waals surface area (Å²) in [4.78, 5) is 8.36. The van der Waals surface area contributed by atoms with Crippen molar-refractivity contribution in [1.29, 1.82) is 0 Å². The first-order chi connectivity index (χ1) is 2.81. The summed E-state index contributed by atoms with van der Waals surface area (Å²) in [6.07, 6.45) is 0. The molecule has 42 valence electrons. The Labute approximate surface area is 139 Å². The van der Waals surface area contributed by atoms with Gasteiger partial charge in [0.05, 0.1) is 0 Å². The topological polar surface area (TPSA) is 38.7 Å². The van der Waals surface area contributed by atoms with Gasteiger partial charge in [0.25, 0.3) is 0 Å². The second-order valence-electron chi connectivity index (χ2n) is 0.778. The molecule has 0 aliphatic rings. The first kappa shape index (κ1) is 17.5. The minimum absolute atomic E-state index is 0. The Bertz CT molecular complexity index is 41.7. The van der Waals surface area contributed by atoms with Gasteiger partial charge in [-0.05, 0) is 0 Å². The van der Waals surface area contributed by atoms with Crippen molar-refractivity contribution in [2.75, 3.05) is 14.2 Å². The van der Waals surface area contributed by atoms with E-state index in [-0.39, 0.29) is 106 Å². The van der Waals surface area contributed by atoms with Gasteiger partial charge in [0, 0.05) is 14.2 Å². The van der Waals surface area contributed by atoms with Crippen LogP contribution in [-0.2, 0) is 8.85 Å². The predicted molar refractivity (Wildman–Crippen MR) is 25.6 cm³/mol. The van der Waals surface area contributed by atoms with Gasteiger partial charge in [0.15, 0.2) is 0 Å². The van der Waals surface area contributed by atoms with E-state index in [4.69, 9.17) is 4.80 Å². The van der Waals surface area contributed by atoms with E-state index in [1.54, 1.807) is 0 Å². The maximum absolute atomic E-state index is 8.36. The van der Waals surface area contributed by atoms with E-state index in [0.29, 0.717) is 0 Å². The Morgan fingerprint density at radius 2 is 1.50 bits per heavy atom. The van der Waals surface area contributed by atoms with Crippen LogP contribution in [0, 0.1) is 0 Å². The first-order valence-corrected chi connectivity index (χ1v) is 3.01. The van der Waals surface area contributed by atoms with E-state index in [2.05, 4.69) is 8.85 Å². The Kier molecular flexibility index (Phi) is 28.4. The maximum atomic E-state index is 8.36. The van der Waals surface area contributed by atoms with Crippen LogP contribution < -0.4 is 103 Å². The van der Waals surface area contributed by atoms with Gasteiger partial charge < -0.3 is 16.5 Å². The largest absolute Gasteiger partial charge is 1.00 e. The van der Waals surface area contributed by atoms with Crippen LogP contribution in [0.2, 0.25) is 0 Å². The molecule has 8 heavy (non-hydrogen) atoms. The Hall–Kier alpha value is 3.37. The summed E-state index contributed by atoms with van der Waals surface area (Å²) < 4.78 is 8.74. The Morgan fingerprint density at radius 3 is 1.50 bits per heavy atom. The molecule has 0 aliphatic heterocycles. The van der Waals surface area contributed by atoms with Gasteiger partial charge in [-0.25, -0.2) is 0 Å². The average Bonchev–Trinajstić information content (AvgIpc) is 1.65. The van der Waals surface area contributed by atoms with Gasteiger partial charge in [-0.15, -0.1) is 0 Å². The number of hydrogen-bond acceptors (Lipinski definition) is 3. The molecule has 0 aromatic carbocycles. The molecule has 6 heteroatoms. The number of hydrogen-bond donors (Lipinski definition) is 1. The standard InChI is InChI=1S/C2H8O3Si.2K.2H/c1-4-6(3)5-2;;;;/h3,6H,1-2H3;;;;/q;2*+1;2*-1. The normalized spacial score (nSPS) is 7.50. The van der Waals surface area contributed by atoms with Crippen LogP contribution in [0.15, 0.2) is 0 Å². The van der Waals surface area contributed by atoms with Crippen molar-refractivity contribution in [1.82, 2.24) is 0 Å². The summed E-state index contributed by atoms with van der Waals surface area (Å²) in [7, 11) is 0.674. The first-order valence-electron chi connectivity index (χ1n) is 1.55. The van der Waals surface area contributed by atoms with Crippen LogP contribution in [0.25, 0.3) is 0 Å². The Morgan fingerprint density at radius 1 is 1.25 bits per heavy atom. The van der Waals surface area contributed by atoms with Crippen molar-refractivity contribution in [2.24, 2.45) is 0 Å². The molecular formula is C2H10K2O3Si. The molecule has 0 amide bonds. The SMILES string of the molecule is CO[SiH](O)OC.[H-].[H-].[K+].[K+]. The van der Waals surface area contributed by atoms with Crippen LogP contribution in [0.5, 0.6) is 0 Å². The summed E-state index contributed by atoms with van der Waals surface area (Å²) in [5.41, 5.74) is 0. The fourth-order valence-corrected chi connectivity index (χ4v) is 0.289. The summed E-state index contributed by atoms with van der Waals surface area (Å²) in [6, 6.07) is 0. The zero-order chi connectivity index (χ0) is 4.99. The van der Waals surface area contributed by atoms with Crippen molar-refractivity contribution in [3.63, 3.8) is 0 Å². The molecule has 0 spiro atoms. The average molecular weight is 188 g/mol. The summed E-state index contributed by atoms with van der Waals surface area (Å²) >= 11 is 0. The van der Waals surface area contributed by atoms with E-state index in [9.17, 15) is 0 Å². The van der Waals surface area contributed by atoms with E-state index in [0.717, 1.165) is 0 Å². The smallest absolute Gasteiger partial charge is 1.00 e. The molecule has 0 aromatic rings. The quantitative estimate of drug-likeness (QED) is 0.438. The second kappa shape index (κ2) is 13.0. The van der Waals surface area contributed by atoms with Gasteiger partial charge >= 0.3 is 112 Å². The molecular weight excluding hydrogens is 178 g/mol. The third kappa shape index (κ3) is 12.1.